The van der Waals surface area contributed by atoms with Crippen molar-refractivity contribution in [2.24, 2.45) is 0 Å². The molecule has 1 aromatic heterocycles. The van der Waals surface area contributed by atoms with Crippen LogP contribution in [0, 0.1) is 0 Å². The minimum absolute atomic E-state index is 0.193. The van der Waals surface area contributed by atoms with E-state index < -0.39 is 0 Å². The second-order valence-corrected chi connectivity index (χ2v) is 6.46. The molecule has 0 spiro atoms. The van der Waals surface area contributed by atoms with Gasteiger partial charge < -0.3 is 25.3 Å². The Morgan fingerprint density at radius 3 is 2.66 bits per heavy atom. The number of carbonyl (C=O) groups excluding carboxylic acids is 2. The van der Waals surface area contributed by atoms with E-state index in [1.807, 2.05) is 35.0 Å². The summed E-state index contributed by atoms with van der Waals surface area (Å²) in [5.41, 5.74) is 3.13. The van der Waals surface area contributed by atoms with E-state index in [0.717, 1.165) is 11.1 Å². The molecule has 0 atom stereocenters. The van der Waals surface area contributed by atoms with Crippen LogP contribution in [0.2, 0.25) is 0 Å². The van der Waals surface area contributed by atoms with E-state index in [2.05, 4.69) is 20.9 Å². The number of urea groups is 1. The van der Waals surface area contributed by atoms with Crippen molar-refractivity contribution in [2.75, 3.05) is 17.7 Å². The zero-order chi connectivity index (χ0) is 20.6. The van der Waals surface area contributed by atoms with Gasteiger partial charge in [-0.15, -0.1) is 0 Å². The molecule has 150 valence electrons. The van der Waals surface area contributed by atoms with Gasteiger partial charge in [0.1, 0.15) is 5.75 Å². The van der Waals surface area contributed by atoms with Crippen molar-refractivity contribution in [3.05, 3.63) is 72.3 Å². The van der Waals surface area contributed by atoms with E-state index in [4.69, 9.17) is 4.74 Å². The lowest BCUT2D eigenvalue weighted by Crippen LogP contribution is -2.28. The Balaban J connectivity index is 1.60. The molecule has 0 bridgehead atoms. The molecule has 0 unspecified atom stereocenters. The van der Waals surface area contributed by atoms with Crippen LogP contribution in [0.3, 0.4) is 0 Å². The first-order valence-electron chi connectivity index (χ1n) is 9.07. The summed E-state index contributed by atoms with van der Waals surface area (Å²) in [5, 5.41) is 8.27. The first-order valence-corrected chi connectivity index (χ1v) is 9.07. The van der Waals surface area contributed by atoms with Crippen LogP contribution in [0.4, 0.5) is 16.2 Å². The Morgan fingerprint density at radius 1 is 1.10 bits per heavy atom. The summed E-state index contributed by atoms with van der Waals surface area (Å²) in [4.78, 5) is 27.6. The number of nitrogens with one attached hydrogen (secondary N) is 3. The highest BCUT2D eigenvalue weighted by atomic mass is 16.5. The highest BCUT2D eigenvalue weighted by Crippen LogP contribution is 2.27. The summed E-state index contributed by atoms with van der Waals surface area (Å²) in [6, 6.07) is 12.6. The molecule has 1 heterocycles. The van der Waals surface area contributed by atoms with E-state index in [9.17, 15) is 9.59 Å². The van der Waals surface area contributed by atoms with Crippen LogP contribution in [-0.2, 0) is 17.9 Å². The lowest BCUT2D eigenvalue weighted by molar-refractivity contribution is -0.114. The topological polar surface area (TPSA) is 97.3 Å². The second-order valence-electron chi connectivity index (χ2n) is 6.46. The predicted octanol–water partition coefficient (Wildman–Crippen LogP) is 3.22. The van der Waals surface area contributed by atoms with Gasteiger partial charge in [0.2, 0.25) is 5.91 Å². The second kappa shape index (κ2) is 9.41. The molecule has 0 aliphatic carbocycles. The summed E-state index contributed by atoms with van der Waals surface area (Å²) in [5.74, 6) is 0.303. The number of methoxy groups -OCH3 is 1. The van der Waals surface area contributed by atoms with Crippen LogP contribution >= 0.6 is 0 Å². The number of imidazole rings is 1. The maximum atomic E-state index is 12.4. The largest absolute Gasteiger partial charge is 0.495 e. The molecule has 3 rings (SSSR count). The average Bonchev–Trinajstić information content (AvgIpc) is 3.19. The number of benzene rings is 2. The summed E-state index contributed by atoms with van der Waals surface area (Å²) in [6.07, 6.45) is 5.41. The smallest absolute Gasteiger partial charge is 0.319 e. The van der Waals surface area contributed by atoms with Crippen molar-refractivity contribution in [3.63, 3.8) is 0 Å². The zero-order valence-electron chi connectivity index (χ0n) is 16.3. The highest BCUT2D eigenvalue weighted by Gasteiger charge is 2.09. The van der Waals surface area contributed by atoms with E-state index in [1.165, 1.54) is 14.0 Å². The van der Waals surface area contributed by atoms with Crippen molar-refractivity contribution in [1.82, 2.24) is 14.9 Å². The molecule has 29 heavy (non-hydrogen) atoms. The SMILES string of the molecule is COc1ccc(NC(C)=O)cc1NC(=O)NCc1cccc(Cn2ccnc2)c1. The van der Waals surface area contributed by atoms with Gasteiger partial charge in [0, 0.05) is 38.1 Å². The van der Waals surface area contributed by atoms with Gasteiger partial charge in [-0.2, -0.15) is 0 Å². The fourth-order valence-corrected chi connectivity index (χ4v) is 2.86. The lowest BCUT2D eigenvalue weighted by Gasteiger charge is -2.13. The van der Waals surface area contributed by atoms with Gasteiger partial charge in [-0.1, -0.05) is 24.3 Å². The number of aromatic nitrogens is 2. The zero-order valence-corrected chi connectivity index (χ0v) is 16.3. The highest BCUT2D eigenvalue weighted by molar-refractivity contribution is 5.94. The van der Waals surface area contributed by atoms with Crippen LogP contribution in [0.15, 0.2) is 61.2 Å². The van der Waals surface area contributed by atoms with E-state index in [0.29, 0.717) is 30.2 Å². The summed E-state index contributed by atoms with van der Waals surface area (Å²) < 4.78 is 7.25. The number of amides is 3. The lowest BCUT2D eigenvalue weighted by atomic mass is 10.1. The molecule has 0 saturated carbocycles. The first-order chi connectivity index (χ1) is 14.0. The third kappa shape index (κ3) is 5.83. The molecule has 2 aromatic carbocycles. The third-order valence-electron chi connectivity index (χ3n) is 4.14. The number of hydrogen-bond donors (Lipinski definition) is 3. The number of nitrogens with zero attached hydrogens (tertiary/aromatic N) is 2. The molecule has 0 saturated heterocycles. The monoisotopic (exact) mass is 393 g/mol. The van der Waals surface area contributed by atoms with E-state index in [1.54, 1.807) is 30.7 Å². The minimum Gasteiger partial charge on any atom is -0.495 e. The molecule has 3 amide bonds. The molecule has 0 aliphatic heterocycles. The summed E-state index contributed by atoms with van der Waals surface area (Å²) in [7, 11) is 1.52. The van der Waals surface area contributed by atoms with E-state index >= 15 is 0 Å². The van der Waals surface area contributed by atoms with Crippen LogP contribution in [0.1, 0.15) is 18.1 Å². The fraction of sp³-hybridized carbons (Fsp3) is 0.190. The quantitative estimate of drug-likeness (QED) is 0.574. The molecule has 0 aliphatic rings. The van der Waals surface area contributed by atoms with E-state index in [-0.39, 0.29) is 11.9 Å². The van der Waals surface area contributed by atoms with Crippen LogP contribution in [-0.4, -0.2) is 28.6 Å². The number of hydrogen-bond acceptors (Lipinski definition) is 4. The van der Waals surface area contributed by atoms with Crippen molar-refractivity contribution >= 4 is 23.3 Å². The maximum Gasteiger partial charge on any atom is 0.319 e. The van der Waals surface area contributed by atoms with Gasteiger partial charge in [-0.05, 0) is 29.3 Å². The van der Waals surface area contributed by atoms with Gasteiger partial charge in [-0.25, -0.2) is 9.78 Å². The van der Waals surface area contributed by atoms with Gasteiger partial charge >= 0.3 is 6.03 Å². The Bertz CT molecular complexity index is 986. The summed E-state index contributed by atoms with van der Waals surface area (Å²) >= 11 is 0. The third-order valence-corrected chi connectivity index (χ3v) is 4.14. The molecule has 0 radical (unpaired) electrons. The van der Waals surface area contributed by atoms with Crippen molar-refractivity contribution in [3.8, 4) is 5.75 Å². The molecular formula is C21H23N5O3. The molecule has 8 heteroatoms. The Kier molecular flexibility index (Phi) is 6.47. The number of carbonyl (C=O) groups is 2. The molecule has 0 fully saturated rings. The maximum absolute atomic E-state index is 12.4. The number of anilines is 2. The molecular weight excluding hydrogens is 370 g/mol. The molecule has 8 nitrogen and oxygen atoms in total. The predicted molar refractivity (Wildman–Crippen MR) is 111 cm³/mol. The van der Waals surface area contributed by atoms with Crippen molar-refractivity contribution in [2.45, 2.75) is 20.0 Å². The van der Waals surface area contributed by atoms with Gasteiger partial charge in [0.15, 0.2) is 0 Å². The normalized spacial score (nSPS) is 10.3. The standard InChI is InChI=1S/C21H23N5O3/c1-15(27)24-18-6-7-20(29-2)19(11-18)25-21(28)23-12-16-4-3-5-17(10-16)13-26-9-8-22-14-26/h3-11,14H,12-13H2,1-2H3,(H,24,27)(H2,23,25,28). The minimum atomic E-state index is -0.372. The van der Waals surface area contributed by atoms with Gasteiger partial charge in [-0.3, -0.25) is 4.79 Å². The van der Waals surface area contributed by atoms with Crippen molar-refractivity contribution < 1.29 is 14.3 Å². The fourth-order valence-electron chi connectivity index (χ4n) is 2.86. The Hall–Kier alpha value is -3.81. The summed E-state index contributed by atoms with van der Waals surface area (Å²) in [6.45, 7) is 2.51. The van der Waals surface area contributed by atoms with Crippen LogP contribution in [0.25, 0.3) is 0 Å². The number of ether oxygens (including phenoxy) is 1. The average molecular weight is 393 g/mol. The van der Waals surface area contributed by atoms with Crippen molar-refractivity contribution in [1.29, 1.82) is 0 Å². The molecule has 3 aromatic rings. The Morgan fingerprint density at radius 2 is 1.93 bits per heavy atom. The van der Waals surface area contributed by atoms with Gasteiger partial charge in [0.05, 0.1) is 19.1 Å². The molecule has 3 N–H and O–H groups in total. The van der Waals surface area contributed by atoms with Crippen LogP contribution in [0.5, 0.6) is 5.75 Å². The Labute approximate surface area is 168 Å². The van der Waals surface area contributed by atoms with Gasteiger partial charge in [0.25, 0.3) is 0 Å². The van der Waals surface area contributed by atoms with Crippen LogP contribution < -0.4 is 20.7 Å². The number of rotatable bonds is 7. The first kappa shape index (κ1) is 19.9.